The monoisotopic (exact) mass is 226 g/mol. The molecule has 0 saturated heterocycles. The van der Waals surface area contributed by atoms with Gasteiger partial charge < -0.3 is 5.11 Å². The molecular formula is C11H14O3S. The summed E-state index contributed by atoms with van der Waals surface area (Å²) >= 11 is 0. The fourth-order valence-electron chi connectivity index (χ4n) is 1.93. The van der Waals surface area contributed by atoms with Crippen molar-refractivity contribution in [1.29, 1.82) is 0 Å². The fourth-order valence-corrected chi connectivity index (χ4v) is 3.94. The predicted molar refractivity (Wildman–Crippen MR) is 57.3 cm³/mol. The molecule has 4 heteroatoms. The predicted octanol–water partition coefficient (Wildman–Crippen LogP) is 1.38. The summed E-state index contributed by atoms with van der Waals surface area (Å²) in [6.45, 7) is -0.274. The first-order valence-corrected chi connectivity index (χ1v) is 6.51. The molecule has 0 aliphatic heterocycles. The highest BCUT2D eigenvalue weighted by atomic mass is 32.2. The molecule has 15 heavy (non-hydrogen) atoms. The molecule has 1 aliphatic carbocycles. The highest BCUT2D eigenvalue weighted by molar-refractivity contribution is 7.93. The maximum absolute atomic E-state index is 12.2. The van der Waals surface area contributed by atoms with Crippen molar-refractivity contribution in [1.82, 2.24) is 0 Å². The molecule has 1 saturated carbocycles. The molecule has 0 spiro atoms. The molecule has 82 valence electrons. The van der Waals surface area contributed by atoms with Crippen molar-refractivity contribution in [3.05, 3.63) is 30.3 Å². The number of aliphatic hydroxyl groups is 1. The molecule has 0 amide bonds. The summed E-state index contributed by atoms with van der Waals surface area (Å²) in [6.07, 6.45) is 2.02. The van der Waals surface area contributed by atoms with E-state index in [0.29, 0.717) is 17.7 Å². The van der Waals surface area contributed by atoms with E-state index < -0.39 is 14.6 Å². The van der Waals surface area contributed by atoms with E-state index in [0.717, 1.165) is 6.42 Å². The second-order valence-corrected chi connectivity index (χ2v) is 6.36. The summed E-state index contributed by atoms with van der Waals surface area (Å²) in [5, 5.41) is 9.25. The average molecular weight is 226 g/mol. The largest absolute Gasteiger partial charge is 0.395 e. The Morgan fingerprint density at radius 3 is 2.20 bits per heavy atom. The van der Waals surface area contributed by atoms with Gasteiger partial charge in [-0.15, -0.1) is 0 Å². The van der Waals surface area contributed by atoms with Crippen LogP contribution in [0.2, 0.25) is 0 Å². The lowest BCUT2D eigenvalue weighted by atomic mass is 9.85. The van der Waals surface area contributed by atoms with E-state index in [-0.39, 0.29) is 6.61 Å². The fraction of sp³-hybridized carbons (Fsp3) is 0.455. The summed E-state index contributed by atoms with van der Waals surface area (Å²) in [4.78, 5) is 0.318. The first-order valence-electron chi connectivity index (χ1n) is 5.03. The van der Waals surface area contributed by atoms with E-state index in [1.54, 1.807) is 30.3 Å². The van der Waals surface area contributed by atoms with Crippen LogP contribution in [0.5, 0.6) is 0 Å². The Kier molecular flexibility index (Phi) is 2.56. The van der Waals surface area contributed by atoms with Gasteiger partial charge in [0, 0.05) is 0 Å². The van der Waals surface area contributed by atoms with Crippen molar-refractivity contribution >= 4 is 9.84 Å². The topological polar surface area (TPSA) is 54.4 Å². The highest BCUT2D eigenvalue weighted by Crippen LogP contribution is 2.42. The van der Waals surface area contributed by atoms with Crippen LogP contribution in [-0.2, 0) is 9.84 Å². The van der Waals surface area contributed by atoms with Gasteiger partial charge in [-0.3, -0.25) is 0 Å². The minimum atomic E-state index is -3.36. The van der Waals surface area contributed by atoms with Gasteiger partial charge >= 0.3 is 0 Å². The molecule has 1 fully saturated rings. The molecular weight excluding hydrogens is 212 g/mol. The lowest BCUT2D eigenvalue weighted by Crippen LogP contribution is -2.48. The van der Waals surface area contributed by atoms with Gasteiger partial charge in [0.05, 0.1) is 16.2 Å². The molecule has 0 aromatic heterocycles. The lowest BCUT2D eigenvalue weighted by Gasteiger charge is -2.39. The maximum atomic E-state index is 12.2. The molecule has 0 unspecified atom stereocenters. The Morgan fingerprint density at radius 2 is 1.80 bits per heavy atom. The first kappa shape index (κ1) is 10.6. The van der Waals surface area contributed by atoms with Crippen molar-refractivity contribution in [3.8, 4) is 0 Å². The summed E-state index contributed by atoms with van der Waals surface area (Å²) < 4.78 is 23.5. The molecule has 1 aliphatic rings. The van der Waals surface area contributed by atoms with E-state index in [1.165, 1.54) is 0 Å². The van der Waals surface area contributed by atoms with E-state index >= 15 is 0 Å². The zero-order chi connectivity index (χ0) is 10.9. The number of sulfone groups is 1. The quantitative estimate of drug-likeness (QED) is 0.847. The van der Waals surface area contributed by atoms with Gasteiger partial charge in [-0.05, 0) is 25.0 Å². The Hall–Kier alpha value is -0.870. The molecule has 2 rings (SSSR count). The molecule has 1 aromatic rings. The Labute approximate surface area is 89.7 Å². The minimum Gasteiger partial charge on any atom is -0.395 e. The molecule has 1 aromatic carbocycles. The number of hydrogen-bond acceptors (Lipinski definition) is 3. The van der Waals surface area contributed by atoms with Gasteiger partial charge in [0.2, 0.25) is 0 Å². The number of aliphatic hydroxyl groups excluding tert-OH is 1. The summed E-state index contributed by atoms with van der Waals surface area (Å²) in [7, 11) is -3.36. The second-order valence-electron chi connectivity index (χ2n) is 4.01. The van der Waals surface area contributed by atoms with Crippen LogP contribution < -0.4 is 0 Å². The van der Waals surface area contributed by atoms with Crippen LogP contribution >= 0.6 is 0 Å². The summed E-state index contributed by atoms with van der Waals surface area (Å²) in [5.41, 5.74) is 0. The van der Waals surface area contributed by atoms with E-state index in [1.807, 2.05) is 0 Å². The van der Waals surface area contributed by atoms with Gasteiger partial charge in [-0.1, -0.05) is 24.6 Å². The summed E-state index contributed by atoms with van der Waals surface area (Å²) in [5.74, 6) is 0. The zero-order valence-electron chi connectivity index (χ0n) is 8.39. The van der Waals surface area contributed by atoms with Crippen LogP contribution in [0.15, 0.2) is 35.2 Å². The third kappa shape index (κ3) is 1.48. The van der Waals surface area contributed by atoms with Crippen molar-refractivity contribution < 1.29 is 13.5 Å². The van der Waals surface area contributed by atoms with Crippen LogP contribution in [0.3, 0.4) is 0 Å². The van der Waals surface area contributed by atoms with Crippen molar-refractivity contribution in [3.63, 3.8) is 0 Å². The van der Waals surface area contributed by atoms with Crippen molar-refractivity contribution in [2.24, 2.45) is 0 Å². The third-order valence-corrected chi connectivity index (χ3v) is 5.75. The first-order chi connectivity index (χ1) is 7.12. The Bertz CT molecular complexity index is 427. The zero-order valence-corrected chi connectivity index (χ0v) is 9.20. The third-order valence-electron chi connectivity index (χ3n) is 3.18. The van der Waals surface area contributed by atoms with E-state index in [9.17, 15) is 13.5 Å². The molecule has 0 heterocycles. The number of hydrogen-bond donors (Lipinski definition) is 1. The average Bonchev–Trinajstić information content (AvgIpc) is 2.18. The molecule has 0 bridgehead atoms. The molecule has 0 radical (unpaired) electrons. The van der Waals surface area contributed by atoms with Crippen LogP contribution in [0.4, 0.5) is 0 Å². The highest BCUT2D eigenvalue weighted by Gasteiger charge is 2.48. The van der Waals surface area contributed by atoms with Crippen LogP contribution in [0.25, 0.3) is 0 Å². The van der Waals surface area contributed by atoms with E-state index in [4.69, 9.17) is 0 Å². The van der Waals surface area contributed by atoms with Gasteiger partial charge in [0.1, 0.15) is 0 Å². The van der Waals surface area contributed by atoms with Gasteiger partial charge in [0.25, 0.3) is 0 Å². The van der Waals surface area contributed by atoms with E-state index in [2.05, 4.69) is 0 Å². The van der Waals surface area contributed by atoms with Gasteiger partial charge in [-0.2, -0.15) is 0 Å². The Morgan fingerprint density at radius 1 is 1.20 bits per heavy atom. The number of rotatable bonds is 3. The summed E-state index contributed by atoms with van der Waals surface area (Å²) in [6, 6.07) is 8.37. The second kappa shape index (κ2) is 3.61. The lowest BCUT2D eigenvalue weighted by molar-refractivity contribution is 0.181. The van der Waals surface area contributed by atoms with Crippen LogP contribution in [-0.4, -0.2) is 24.9 Å². The normalized spacial score (nSPS) is 19.5. The van der Waals surface area contributed by atoms with Crippen LogP contribution in [0.1, 0.15) is 19.3 Å². The van der Waals surface area contributed by atoms with Crippen LogP contribution in [0, 0.1) is 0 Å². The smallest absolute Gasteiger partial charge is 0.186 e. The van der Waals surface area contributed by atoms with Gasteiger partial charge in [-0.25, -0.2) is 8.42 Å². The molecule has 0 atom stereocenters. The molecule has 1 N–H and O–H groups in total. The standard InChI is InChI=1S/C11H14O3S/c12-9-11(7-4-8-11)15(13,14)10-5-2-1-3-6-10/h1-3,5-6,12H,4,7-9H2. The SMILES string of the molecule is O=S(=O)(c1ccccc1)C1(CO)CCC1. The minimum absolute atomic E-state index is 0.274. The maximum Gasteiger partial charge on any atom is 0.186 e. The van der Waals surface area contributed by atoms with Gasteiger partial charge in [0.15, 0.2) is 9.84 Å². The number of benzene rings is 1. The van der Waals surface area contributed by atoms with Crippen molar-refractivity contribution in [2.75, 3.05) is 6.61 Å². The molecule has 3 nitrogen and oxygen atoms in total. The Balaban J connectivity index is 2.44. The van der Waals surface area contributed by atoms with Crippen molar-refractivity contribution in [2.45, 2.75) is 28.9 Å².